The molecule has 0 saturated carbocycles. The van der Waals surface area contributed by atoms with Crippen LogP contribution in [0, 0.1) is 0 Å². The van der Waals surface area contributed by atoms with Gasteiger partial charge in [0.2, 0.25) is 0 Å². The van der Waals surface area contributed by atoms with Gasteiger partial charge in [0.25, 0.3) is 0 Å². The third-order valence-electron chi connectivity index (χ3n) is 6.88. The van der Waals surface area contributed by atoms with Crippen LogP contribution in [0.25, 0.3) is 56.7 Å². The van der Waals surface area contributed by atoms with E-state index in [0.29, 0.717) is 62.5 Å². The Kier molecular flexibility index (Phi) is 10.0. The van der Waals surface area contributed by atoms with Gasteiger partial charge in [0.05, 0.1) is 17.9 Å². The molecule has 0 aliphatic rings. The van der Waals surface area contributed by atoms with E-state index < -0.39 is 32.3 Å². The molecule has 0 radical (unpaired) electrons. The van der Waals surface area contributed by atoms with E-state index >= 15 is 0 Å². The summed E-state index contributed by atoms with van der Waals surface area (Å²) in [5, 5.41) is 20.7. The van der Waals surface area contributed by atoms with Gasteiger partial charge in [-0.1, -0.05) is 0 Å². The van der Waals surface area contributed by atoms with Gasteiger partial charge in [0.1, 0.15) is 34.2 Å². The van der Waals surface area contributed by atoms with Crippen LogP contribution >= 0.6 is 63.7 Å². The molecule has 0 aliphatic carbocycles. The molecule has 0 spiro atoms. The number of rotatable bonds is 9. The Balaban J connectivity index is 1.47. The predicted octanol–water partition coefficient (Wildman–Crippen LogP) is 9.99. The summed E-state index contributed by atoms with van der Waals surface area (Å²) in [5.74, 6) is -0.723. The van der Waals surface area contributed by atoms with Crippen LogP contribution in [0.5, 0.6) is 11.5 Å². The van der Waals surface area contributed by atoms with E-state index in [-0.39, 0.29) is 22.6 Å². The fraction of sp³-hybridized carbons (Fsp3) is 0. The topological polar surface area (TPSA) is 194 Å². The van der Waals surface area contributed by atoms with Crippen LogP contribution in [0.3, 0.4) is 0 Å². The first-order valence-electron chi connectivity index (χ1n) is 13.6. The zero-order valence-electron chi connectivity index (χ0n) is 24.5. The van der Waals surface area contributed by atoms with Gasteiger partial charge in [0.15, 0.2) is 11.5 Å². The average Bonchev–Trinajstić information content (AvgIpc) is 3.64. The highest BCUT2D eigenvalue weighted by Crippen LogP contribution is 2.39. The number of hydrogen-bond acceptors (Lipinski definition) is 10. The molecule has 6 aromatic rings. The van der Waals surface area contributed by atoms with Crippen LogP contribution < -0.4 is 0 Å². The summed E-state index contributed by atoms with van der Waals surface area (Å²) in [7, 11) is -10.5. The van der Waals surface area contributed by atoms with Gasteiger partial charge in [0, 0.05) is 21.9 Å². The zero-order valence-corrected chi connectivity index (χ0v) is 32.4. The summed E-state index contributed by atoms with van der Waals surface area (Å²) in [6.45, 7) is 0. The molecule has 0 aliphatic heterocycles. The Morgan fingerprint density at radius 3 is 1.28 bits per heavy atom. The Hall–Kier alpha value is -3.62. The minimum atomic E-state index is -5.27. The molecule has 0 unspecified atom stereocenters. The molecule has 0 bridgehead atoms. The van der Waals surface area contributed by atoms with E-state index in [4.69, 9.17) is 17.2 Å². The molecule has 2 aromatic heterocycles. The molecule has 18 heteroatoms. The van der Waals surface area contributed by atoms with Crippen molar-refractivity contribution in [2.45, 2.75) is 0 Å². The lowest BCUT2D eigenvalue weighted by Crippen LogP contribution is -2.11. The summed E-state index contributed by atoms with van der Waals surface area (Å²) >= 11 is 13.4. The molecule has 0 fully saturated rings. The highest BCUT2D eigenvalue weighted by atomic mass is 79.9. The van der Waals surface area contributed by atoms with Gasteiger partial charge < -0.3 is 27.4 Å². The summed E-state index contributed by atoms with van der Waals surface area (Å²) in [4.78, 5) is 0. The monoisotopic (exact) mass is 974 g/mol. The average molecular weight is 978 g/mol. The van der Waals surface area contributed by atoms with E-state index in [1.54, 1.807) is 48.5 Å². The van der Waals surface area contributed by atoms with Crippen LogP contribution in [0.15, 0.2) is 111 Å². The van der Waals surface area contributed by atoms with Crippen molar-refractivity contribution in [2.75, 3.05) is 0 Å². The smallest absolute Gasteiger partial charge is 0.446 e. The Labute approximate surface area is 317 Å². The second kappa shape index (κ2) is 13.8. The second-order valence-corrected chi connectivity index (χ2v) is 15.9. The third kappa shape index (κ3) is 8.29. The van der Waals surface area contributed by atoms with E-state index in [9.17, 15) is 36.2 Å². The van der Waals surface area contributed by atoms with Gasteiger partial charge in [-0.2, -0.15) is 16.8 Å². The number of benzene rings is 4. The fourth-order valence-corrected chi connectivity index (χ4v) is 7.46. The number of phenols is 2. The summed E-state index contributed by atoms with van der Waals surface area (Å²) in [6, 6.07) is 19.0. The van der Waals surface area contributed by atoms with Gasteiger partial charge in [-0.25, -0.2) is 0 Å². The summed E-state index contributed by atoms with van der Waals surface area (Å²) in [6.07, 6.45) is 2.12. The summed E-state index contributed by atoms with van der Waals surface area (Å²) in [5.41, 5.74) is 2.51. The second-order valence-electron chi connectivity index (χ2n) is 10.4. The first-order chi connectivity index (χ1) is 23.4. The first-order valence-corrected chi connectivity index (χ1v) is 19.5. The highest BCUT2D eigenvalue weighted by molar-refractivity contribution is 9.11. The number of furan rings is 2. The van der Waals surface area contributed by atoms with Crippen molar-refractivity contribution >= 4 is 119 Å². The lowest BCUT2D eigenvalue weighted by atomic mass is 10.1. The van der Waals surface area contributed by atoms with Gasteiger partial charge in [-0.15, -0.1) is 0 Å². The van der Waals surface area contributed by atoms with Crippen molar-refractivity contribution in [1.29, 1.82) is 0 Å². The molecule has 6 rings (SSSR count). The molecule has 12 nitrogen and oxygen atoms in total. The van der Waals surface area contributed by atoms with Gasteiger partial charge in [-0.05, 0) is 160 Å². The fourth-order valence-electron chi connectivity index (χ4n) is 4.84. The quantitative estimate of drug-likeness (QED) is 0.0610. The van der Waals surface area contributed by atoms with Crippen molar-refractivity contribution in [3.63, 3.8) is 0 Å². The summed E-state index contributed by atoms with van der Waals surface area (Å²) < 4.78 is 90.4. The van der Waals surface area contributed by atoms with Crippen LogP contribution in [-0.4, -0.2) is 36.2 Å². The number of phenolic OH excluding ortho intramolecular Hbond substituents is 2. The zero-order chi connectivity index (χ0) is 36.1. The number of aromatic hydroxyl groups is 2. The maximum atomic E-state index is 12.0. The van der Waals surface area contributed by atoms with Crippen molar-refractivity contribution in [1.82, 2.24) is 0 Å². The lowest BCUT2D eigenvalue weighted by Gasteiger charge is -2.12. The van der Waals surface area contributed by atoms with Gasteiger partial charge in [-0.3, -0.25) is 9.11 Å². The van der Waals surface area contributed by atoms with Crippen molar-refractivity contribution in [2.24, 2.45) is 0 Å². The molecular formula is C32H18Br4O12S2. The van der Waals surface area contributed by atoms with E-state index in [0.717, 1.165) is 12.2 Å². The van der Waals surface area contributed by atoms with Crippen molar-refractivity contribution in [3.05, 3.63) is 113 Å². The molecule has 4 aromatic carbocycles. The van der Waals surface area contributed by atoms with Crippen molar-refractivity contribution < 1.29 is 53.4 Å². The Bertz CT molecular complexity index is 2440. The standard InChI is InChI=1S/C32H18Br4O12S2/c33-21-11-17(1-3-25(21)37)27-13-19-5-15(7-23(35)31(19)45-27)9-29(47-49(39,40)41)30(48-50(42,43)44)10-16-6-20-14-28(46-32(20)24(36)8-16)18-2-4-26(38)22(34)12-18/h1-14,37-38H,(H,39,40,41)(H,42,43,44)/b29-9-,30-10-. The van der Waals surface area contributed by atoms with Crippen LogP contribution in [-0.2, 0) is 29.2 Å². The van der Waals surface area contributed by atoms with Crippen LogP contribution in [0.1, 0.15) is 11.1 Å². The molecule has 50 heavy (non-hydrogen) atoms. The maximum absolute atomic E-state index is 12.0. The first kappa shape index (κ1) is 36.2. The molecule has 2 heterocycles. The molecule has 4 N–H and O–H groups in total. The lowest BCUT2D eigenvalue weighted by molar-refractivity contribution is 0.289. The SMILES string of the molecule is O=S(=O)(O)OC(=C\c1cc(Br)c2oc(-c3ccc(O)c(Br)c3)cc2c1)/C(=C/c1cc(Br)c2oc(-c3ccc(O)c(Br)c3)cc2c1)OS(=O)(=O)O. The van der Waals surface area contributed by atoms with E-state index in [1.165, 1.54) is 24.3 Å². The van der Waals surface area contributed by atoms with E-state index in [1.807, 2.05) is 0 Å². The van der Waals surface area contributed by atoms with Crippen molar-refractivity contribution in [3.8, 4) is 34.1 Å². The molecular weight excluding hydrogens is 960 g/mol. The largest absolute Gasteiger partial charge is 0.507 e. The Morgan fingerprint density at radius 2 is 0.940 bits per heavy atom. The molecule has 0 amide bonds. The van der Waals surface area contributed by atoms with Gasteiger partial charge >= 0.3 is 20.8 Å². The number of hydrogen-bond donors (Lipinski definition) is 4. The van der Waals surface area contributed by atoms with Crippen LogP contribution in [0.2, 0.25) is 0 Å². The highest BCUT2D eigenvalue weighted by Gasteiger charge is 2.23. The maximum Gasteiger partial charge on any atom is 0.446 e. The minimum Gasteiger partial charge on any atom is -0.507 e. The number of halogens is 4. The molecule has 258 valence electrons. The van der Waals surface area contributed by atoms with Crippen LogP contribution in [0.4, 0.5) is 0 Å². The molecule has 0 saturated heterocycles. The van der Waals surface area contributed by atoms with E-state index in [2.05, 4.69) is 63.7 Å². The normalized spacial score (nSPS) is 12.9. The molecule has 0 atom stereocenters. The predicted molar refractivity (Wildman–Crippen MR) is 199 cm³/mol. The Morgan fingerprint density at radius 1 is 0.560 bits per heavy atom. The third-order valence-corrected chi connectivity index (χ3v) is 10.1. The minimum absolute atomic E-state index is 0.0325. The number of fused-ring (bicyclic) bond motifs is 2.